The second kappa shape index (κ2) is 5.64. The lowest BCUT2D eigenvalue weighted by Gasteiger charge is -2.07. The van der Waals surface area contributed by atoms with Crippen molar-refractivity contribution in [2.24, 2.45) is 0 Å². The van der Waals surface area contributed by atoms with E-state index in [1.54, 1.807) is 13.8 Å². The predicted octanol–water partition coefficient (Wildman–Crippen LogP) is 2.12. The molecule has 0 radical (unpaired) electrons. The van der Waals surface area contributed by atoms with E-state index in [1.807, 2.05) is 0 Å². The lowest BCUT2D eigenvalue weighted by atomic mass is 10.1. The maximum Gasteiger partial charge on any atom is 0.347 e. The first-order chi connectivity index (χ1) is 8.86. The summed E-state index contributed by atoms with van der Waals surface area (Å²) in [5.41, 5.74) is 1.08. The Labute approximate surface area is 108 Å². The van der Waals surface area contributed by atoms with Gasteiger partial charge in [-0.25, -0.2) is 4.79 Å². The van der Waals surface area contributed by atoms with Crippen LogP contribution in [0.2, 0.25) is 0 Å². The number of anilines is 1. The summed E-state index contributed by atoms with van der Waals surface area (Å²) in [5, 5.41) is 30.7. The normalized spacial score (nSPS) is 10.7. The second-order valence-electron chi connectivity index (χ2n) is 3.83. The fraction of sp³-hybridized carbons (Fsp3) is 0.167. The van der Waals surface area contributed by atoms with Gasteiger partial charge in [-0.15, -0.1) is 0 Å². The number of nitro groups is 1. The summed E-state index contributed by atoms with van der Waals surface area (Å²) in [6.45, 7) is 3.23. The molecule has 7 nitrogen and oxygen atoms in total. The molecular weight excluding hydrogens is 250 g/mol. The van der Waals surface area contributed by atoms with Crippen LogP contribution < -0.4 is 5.32 Å². The van der Waals surface area contributed by atoms with Crippen molar-refractivity contribution < 1.29 is 14.8 Å². The van der Waals surface area contributed by atoms with Gasteiger partial charge in [-0.05, 0) is 25.5 Å². The molecule has 1 rings (SSSR count). The van der Waals surface area contributed by atoms with Crippen LogP contribution in [0.3, 0.4) is 0 Å². The van der Waals surface area contributed by atoms with Crippen molar-refractivity contribution in [3.63, 3.8) is 0 Å². The number of hydrogen-bond donors (Lipinski definition) is 2. The van der Waals surface area contributed by atoms with E-state index in [1.165, 1.54) is 18.2 Å². The van der Waals surface area contributed by atoms with E-state index in [-0.39, 0.29) is 5.69 Å². The lowest BCUT2D eigenvalue weighted by molar-refractivity contribution is -0.385. The van der Waals surface area contributed by atoms with Gasteiger partial charge in [-0.3, -0.25) is 10.1 Å². The van der Waals surface area contributed by atoms with Gasteiger partial charge in [-0.1, -0.05) is 0 Å². The summed E-state index contributed by atoms with van der Waals surface area (Å²) < 4.78 is 0. The molecule has 1 aromatic carbocycles. The third-order valence-corrected chi connectivity index (χ3v) is 2.46. The van der Waals surface area contributed by atoms with Crippen LogP contribution in [0.1, 0.15) is 11.1 Å². The van der Waals surface area contributed by atoms with Gasteiger partial charge in [0.1, 0.15) is 6.07 Å². The largest absolute Gasteiger partial charge is 0.477 e. The Bertz CT molecular complexity index is 614. The number of nitrogens with one attached hydrogen (secondary N) is 1. The molecule has 0 saturated heterocycles. The van der Waals surface area contributed by atoms with Gasteiger partial charge in [0.05, 0.1) is 4.92 Å². The number of carboxylic acids is 1. The number of nitrogens with zero attached hydrogens (tertiary/aromatic N) is 2. The van der Waals surface area contributed by atoms with Gasteiger partial charge in [0.15, 0.2) is 5.57 Å². The van der Waals surface area contributed by atoms with Crippen molar-refractivity contribution in [1.29, 1.82) is 5.26 Å². The number of rotatable bonds is 4. The van der Waals surface area contributed by atoms with Gasteiger partial charge in [0.2, 0.25) is 0 Å². The Hall–Kier alpha value is -2.88. The zero-order chi connectivity index (χ0) is 14.6. The number of hydrogen-bond acceptors (Lipinski definition) is 5. The average Bonchev–Trinajstić information content (AvgIpc) is 2.32. The van der Waals surface area contributed by atoms with Crippen molar-refractivity contribution in [3.05, 3.63) is 45.1 Å². The van der Waals surface area contributed by atoms with E-state index < -0.39 is 16.5 Å². The summed E-state index contributed by atoms with van der Waals surface area (Å²) in [5.74, 6) is -1.34. The van der Waals surface area contributed by atoms with Gasteiger partial charge in [-0.2, -0.15) is 5.26 Å². The number of nitro benzene ring substituents is 1. The number of aryl methyl sites for hydroxylation is 2. The van der Waals surface area contributed by atoms with Crippen molar-refractivity contribution in [3.8, 4) is 6.07 Å². The zero-order valence-corrected chi connectivity index (χ0v) is 10.3. The minimum atomic E-state index is -1.34. The van der Waals surface area contributed by atoms with Crippen molar-refractivity contribution in [2.75, 3.05) is 5.32 Å². The highest BCUT2D eigenvalue weighted by Crippen LogP contribution is 2.26. The molecule has 98 valence electrons. The zero-order valence-electron chi connectivity index (χ0n) is 10.3. The fourth-order valence-corrected chi connectivity index (χ4v) is 1.44. The average molecular weight is 261 g/mol. The highest BCUT2D eigenvalue weighted by atomic mass is 16.6. The van der Waals surface area contributed by atoms with Crippen LogP contribution in [0.25, 0.3) is 0 Å². The highest BCUT2D eigenvalue weighted by molar-refractivity contribution is 5.91. The first-order valence-electron chi connectivity index (χ1n) is 5.22. The maximum atomic E-state index is 10.7. The SMILES string of the molecule is Cc1cc([N+](=O)[O-])c(C)cc1N/C=C(\C#N)C(=O)O. The lowest BCUT2D eigenvalue weighted by Crippen LogP contribution is -2.02. The van der Waals surface area contributed by atoms with Crippen LogP contribution in [-0.4, -0.2) is 16.0 Å². The maximum absolute atomic E-state index is 10.7. The van der Waals surface area contributed by atoms with E-state index in [0.29, 0.717) is 16.8 Å². The molecule has 2 N–H and O–H groups in total. The van der Waals surface area contributed by atoms with Gasteiger partial charge >= 0.3 is 5.97 Å². The van der Waals surface area contributed by atoms with Crippen molar-refractivity contribution in [1.82, 2.24) is 0 Å². The Morgan fingerprint density at radius 3 is 2.58 bits per heavy atom. The number of carbonyl (C=O) groups is 1. The third kappa shape index (κ3) is 3.29. The van der Waals surface area contributed by atoms with Gasteiger partial charge in [0, 0.05) is 23.5 Å². The minimum absolute atomic E-state index is 0.00855. The summed E-state index contributed by atoms with van der Waals surface area (Å²) >= 11 is 0. The van der Waals surface area contributed by atoms with Crippen LogP contribution in [0.15, 0.2) is 23.9 Å². The van der Waals surface area contributed by atoms with Gasteiger partial charge < -0.3 is 10.4 Å². The predicted molar refractivity (Wildman–Crippen MR) is 67.5 cm³/mol. The molecule has 0 saturated carbocycles. The Kier molecular flexibility index (Phi) is 4.21. The third-order valence-electron chi connectivity index (χ3n) is 2.46. The number of benzene rings is 1. The van der Waals surface area contributed by atoms with Crippen LogP contribution in [0.5, 0.6) is 0 Å². The molecule has 0 atom stereocenters. The molecule has 0 heterocycles. The number of nitriles is 1. The highest BCUT2D eigenvalue weighted by Gasteiger charge is 2.13. The fourth-order valence-electron chi connectivity index (χ4n) is 1.44. The summed E-state index contributed by atoms with van der Waals surface area (Å²) in [4.78, 5) is 20.9. The monoisotopic (exact) mass is 261 g/mol. The van der Waals surface area contributed by atoms with Crippen LogP contribution in [-0.2, 0) is 4.79 Å². The summed E-state index contributed by atoms with van der Waals surface area (Å²) in [7, 11) is 0. The topological polar surface area (TPSA) is 116 Å². The van der Waals surface area contributed by atoms with E-state index in [2.05, 4.69) is 5.32 Å². The van der Waals surface area contributed by atoms with Crippen LogP contribution >= 0.6 is 0 Å². The Balaban J connectivity index is 3.11. The number of carboxylic acid groups (broad SMARTS) is 1. The van der Waals surface area contributed by atoms with E-state index in [9.17, 15) is 14.9 Å². The summed E-state index contributed by atoms with van der Waals surface area (Å²) in [6.07, 6.45) is 1.05. The van der Waals surface area contributed by atoms with Crippen LogP contribution in [0.4, 0.5) is 11.4 Å². The molecular formula is C12H11N3O4. The molecule has 0 aromatic heterocycles. The number of aliphatic carboxylic acids is 1. The minimum Gasteiger partial charge on any atom is -0.477 e. The van der Waals surface area contributed by atoms with Gasteiger partial charge in [0.25, 0.3) is 5.69 Å². The quantitative estimate of drug-likeness (QED) is 0.371. The molecule has 0 bridgehead atoms. The van der Waals surface area contributed by atoms with Crippen molar-refractivity contribution in [2.45, 2.75) is 13.8 Å². The standard InChI is InChI=1S/C12H11N3O4/c1-7-4-11(15(18)19)8(2)3-10(7)14-6-9(5-13)12(16)17/h3-4,6,14H,1-2H3,(H,16,17)/b9-6+. The Morgan fingerprint density at radius 1 is 1.47 bits per heavy atom. The Morgan fingerprint density at radius 2 is 2.11 bits per heavy atom. The molecule has 0 fully saturated rings. The van der Waals surface area contributed by atoms with E-state index in [4.69, 9.17) is 10.4 Å². The molecule has 19 heavy (non-hydrogen) atoms. The second-order valence-corrected chi connectivity index (χ2v) is 3.83. The molecule has 0 amide bonds. The smallest absolute Gasteiger partial charge is 0.347 e. The summed E-state index contributed by atoms with van der Waals surface area (Å²) in [6, 6.07) is 4.44. The molecule has 0 aliphatic heterocycles. The van der Waals surface area contributed by atoms with E-state index >= 15 is 0 Å². The molecule has 0 unspecified atom stereocenters. The van der Waals surface area contributed by atoms with Crippen molar-refractivity contribution >= 4 is 17.3 Å². The molecule has 0 spiro atoms. The molecule has 0 aliphatic rings. The molecule has 7 heteroatoms. The van der Waals surface area contributed by atoms with E-state index in [0.717, 1.165) is 6.20 Å². The molecule has 1 aromatic rings. The first-order valence-corrected chi connectivity index (χ1v) is 5.22. The van der Waals surface area contributed by atoms with Crippen LogP contribution in [0, 0.1) is 35.3 Å². The molecule has 0 aliphatic carbocycles. The first kappa shape index (κ1) is 14.2.